The van der Waals surface area contributed by atoms with Crippen LogP contribution in [0, 0.1) is 17.3 Å². The van der Waals surface area contributed by atoms with Crippen molar-refractivity contribution in [3.8, 4) is 0 Å². The second kappa shape index (κ2) is 10.6. The summed E-state index contributed by atoms with van der Waals surface area (Å²) in [7, 11) is 0. The number of cyclic esters (lactones) is 1. The number of H-pyrrole nitrogens is 1. The van der Waals surface area contributed by atoms with Gasteiger partial charge in [-0.15, -0.1) is 0 Å². The van der Waals surface area contributed by atoms with Crippen LogP contribution in [0.4, 0.5) is 0 Å². The van der Waals surface area contributed by atoms with E-state index in [0.717, 1.165) is 52.6 Å². The molecule has 2 fully saturated rings. The van der Waals surface area contributed by atoms with E-state index in [1.54, 1.807) is 0 Å². The van der Waals surface area contributed by atoms with Gasteiger partial charge in [-0.1, -0.05) is 73.7 Å². The topological polar surface area (TPSA) is 94.7 Å². The first-order chi connectivity index (χ1) is 20.1. The fraction of sp³-hybridized carbons (Fsp3) is 0.400. The van der Waals surface area contributed by atoms with Gasteiger partial charge in [0, 0.05) is 23.5 Å². The number of nitrogens with one attached hydrogen (secondary N) is 1. The monoisotopic (exact) mass is 567 g/mol. The molecule has 3 aromatic rings. The molecule has 1 N–H and O–H groups in total. The second-order valence-electron chi connectivity index (χ2n) is 12.4. The molecule has 0 radical (unpaired) electrons. The van der Waals surface area contributed by atoms with Gasteiger partial charge >= 0.3 is 17.9 Å². The van der Waals surface area contributed by atoms with E-state index in [4.69, 9.17) is 14.2 Å². The van der Waals surface area contributed by atoms with Crippen molar-refractivity contribution in [1.82, 2.24) is 4.98 Å². The summed E-state index contributed by atoms with van der Waals surface area (Å²) >= 11 is 0. The molecular formula is C35H37NO6. The number of aromatic amines is 1. The summed E-state index contributed by atoms with van der Waals surface area (Å²) in [6.45, 7) is 10.3. The van der Waals surface area contributed by atoms with Gasteiger partial charge in [0.2, 0.25) is 0 Å². The molecule has 5 atom stereocenters. The first-order valence-electron chi connectivity index (χ1n) is 14.7. The Kier molecular flexibility index (Phi) is 7.08. The number of hydrogen-bond acceptors (Lipinski definition) is 6. The van der Waals surface area contributed by atoms with E-state index in [1.807, 2.05) is 55.5 Å². The molecule has 0 unspecified atom stereocenters. The lowest BCUT2D eigenvalue weighted by molar-refractivity contribution is -0.159. The third kappa shape index (κ3) is 4.55. The molecule has 1 saturated carbocycles. The quantitative estimate of drug-likeness (QED) is 0.167. The molecule has 1 saturated heterocycles. The average molecular weight is 568 g/mol. The number of ether oxygens (including phenoxy) is 3. The van der Waals surface area contributed by atoms with Gasteiger partial charge < -0.3 is 19.2 Å². The van der Waals surface area contributed by atoms with Gasteiger partial charge in [-0.3, -0.25) is 9.59 Å². The molecule has 1 aromatic heterocycles. The molecule has 6 rings (SSSR count). The van der Waals surface area contributed by atoms with Crippen molar-refractivity contribution in [3.05, 3.63) is 95.2 Å². The Morgan fingerprint density at radius 1 is 1.12 bits per heavy atom. The number of hydrogen-bond donors (Lipinski definition) is 1. The number of carbonyl (C=O) groups is 3. The molecule has 2 aliphatic carbocycles. The summed E-state index contributed by atoms with van der Waals surface area (Å²) in [5.41, 5.74) is 4.21. The lowest BCUT2D eigenvalue weighted by Gasteiger charge is -2.57. The molecule has 7 heteroatoms. The maximum atomic E-state index is 14.3. The summed E-state index contributed by atoms with van der Waals surface area (Å²) in [6, 6.07) is 17.9. The maximum absolute atomic E-state index is 14.3. The van der Waals surface area contributed by atoms with E-state index in [0.29, 0.717) is 12.0 Å². The molecule has 1 aliphatic heterocycles. The molecule has 2 heterocycles. The van der Waals surface area contributed by atoms with Crippen LogP contribution in [0.25, 0.3) is 10.9 Å². The molecule has 42 heavy (non-hydrogen) atoms. The molecule has 0 amide bonds. The zero-order valence-corrected chi connectivity index (χ0v) is 24.4. The minimum absolute atomic E-state index is 0.0156. The van der Waals surface area contributed by atoms with Crippen molar-refractivity contribution in [2.45, 2.75) is 64.6 Å². The smallest absolute Gasteiger partial charge is 0.337 e. The summed E-state index contributed by atoms with van der Waals surface area (Å²) in [5.74, 6) is -1.21. The van der Waals surface area contributed by atoms with Gasteiger partial charge in [0.25, 0.3) is 0 Å². The van der Waals surface area contributed by atoms with Crippen LogP contribution in [0.3, 0.4) is 0 Å². The number of rotatable bonds is 6. The fourth-order valence-corrected chi connectivity index (χ4v) is 7.89. The van der Waals surface area contributed by atoms with Crippen molar-refractivity contribution in [2.24, 2.45) is 17.3 Å². The lowest BCUT2D eigenvalue weighted by Crippen LogP contribution is -2.57. The van der Waals surface area contributed by atoms with Crippen LogP contribution in [0.2, 0.25) is 0 Å². The van der Waals surface area contributed by atoms with Gasteiger partial charge in [0.15, 0.2) is 6.10 Å². The van der Waals surface area contributed by atoms with Crippen LogP contribution >= 0.6 is 0 Å². The Hall–Kier alpha value is -4.13. The third-order valence-corrected chi connectivity index (χ3v) is 9.89. The zero-order chi connectivity index (χ0) is 29.6. The van der Waals surface area contributed by atoms with Crippen molar-refractivity contribution in [3.63, 3.8) is 0 Å². The largest absolute Gasteiger partial charge is 0.460 e. The van der Waals surface area contributed by atoms with E-state index < -0.39 is 23.5 Å². The number of esters is 3. The molecule has 2 aromatic carbocycles. The molecule has 3 aliphatic rings. The zero-order valence-electron chi connectivity index (χ0n) is 24.4. The van der Waals surface area contributed by atoms with Gasteiger partial charge in [0.1, 0.15) is 18.6 Å². The molecule has 218 valence electrons. The number of aromatic nitrogens is 1. The number of carbonyl (C=O) groups excluding carboxylic acids is 3. The normalized spacial score (nSPS) is 29.6. The van der Waals surface area contributed by atoms with Crippen molar-refractivity contribution in [2.75, 3.05) is 6.61 Å². The minimum atomic E-state index is -0.922. The van der Waals surface area contributed by atoms with Gasteiger partial charge in [0.05, 0.1) is 5.57 Å². The van der Waals surface area contributed by atoms with Crippen LogP contribution in [0.15, 0.2) is 78.4 Å². The first kappa shape index (κ1) is 28.0. The Balaban J connectivity index is 1.41. The average Bonchev–Trinajstić information content (AvgIpc) is 3.51. The van der Waals surface area contributed by atoms with E-state index in [-0.39, 0.29) is 36.4 Å². The summed E-state index contributed by atoms with van der Waals surface area (Å²) in [4.78, 5) is 42.1. The van der Waals surface area contributed by atoms with Crippen LogP contribution in [-0.2, 0) is 47.0 Å². The number of allylic oxidation sites excluding steroid dienone is 2. The maximum Gasteiger partial charge on any atom is 0.337 e. The van der Waals surface area contributed by atoms with Crippen LogP contribution in [0.5, 0.6) is 0 Å². The van der Waals surface area contributed by atoms with Crippen LogP contribution < -0.4 is 0 Å². The van der Waals surface area contributed by atoms with Crippen molar-refractivity contribution >= 4 is 28.8 Å². The first-order valence-corrected chi connectivity index (χ1v) is 14.7. The van der Waals surface area contributed by atoms with E-state index in [1.165, 1.54) is 6.92 Å². The SMILES string of the molecule is C=C1CC[C@H]2[C@@](C)(Cc3c([nH]c4ccccc34)[C@@]2(C)C(=O)OCc2ccccc2)[C@@H]1C/C=C1/C(=O)OC[C@H]1OC(C)=O. The highest BCUT2D eigenvalue weighted by Gasteiger charge is 2.61. The lowest BCUT2D eigenvalue weighted by atomic mass is 9.46. The van der Waals surface area contributed by atoms with E-state index in [9.17, 15) is 14.4 Å². The van der Waals surface area contributed by atoms with Gasteiger partial charge in [-0.25, -0.2) is 4.79 Å². The summed E-state index contributed by atoms with van der Waals surface area (Å²) in [6.07, 6.45) is 4.00. The third-order valence-electron chi connectivity index (χ3n) is 9.89. The predicted octanol–water partition coefficient (Wildman–Crippen LogP) is 6.12. The Morgan fingerprint density at radius 3 is 2.62 bits per heavy atom. The Morgan fingerprint density at radius 2 is 1.86 bits per heavy atom. The van der Waals surface area contributed by atoms with Gasteiger partial charge in [-0.05, 0) is 67.1 Å². The molecule has 0 bridgehead atoms. The second-order valence-corrected chi connectivity index (χ2v) is 12.4. The highest BCUT2D eigenvalue weighted by atomic mass is 16.6. The summed E-state index contributed by atoms with van der Waals surface area (Å²) in [5, 5.41) is 1.11. The standard InChI is InChI=1S/C35H37NO6/c1-21-14-17-30-34(3,27(21)16-15-25-29(42-22(2)37)20-40-32(25)38)18-26-24-12-8-9-13-28(24)36-31(26)35(30,4)33(39)41-19-23-10-6-5-7-11-23/h5-13,15,27,29-30,36H,1,14,16-20H2,2-4H3/b25-15+/t27-,29-,30+,34+,35+/m1/s1. The number of fused-ring (bicyclic) bond motifs is 4. The minimum Gasteiger partial charge on any atom is -0.460 e. The van der Waals surface area contributed by atoms with E-state index in [2.05, 4.69) is 30.6 Å². The van der Waals surface area contributed by atoms with Gasteiger partial charge in [-0.2, -0.15) is 0 Å². The Labute approximate surface area is 245 Å². The highest BCUT2D eigenvalue weighted by molar-refractivity contribution is 5.93. The summed E-state index contributed by atoms with van der Waals surface area (Å²) < 4.78 is 16.7. The van der Waals surface area contributed by atoms with E-state index >= 15 is 0 Å². The van der Waals surface area contributed by atoms with Crippen molar-refractivity contribution in [1.29, 1.82) is 0 Å². The molecule has 0 spiro atoms. The fourth-order valence-electron chi connectivity index (χ4n) is 7.89. The molecule has 7 nitrogen and oxygen atoms in total. The van der Waals surface area contributed by atoms with Crippen LogP contribution in [-0.4, -0.2) is 35.6 Å². The predicted molar refractivity (Wildman–Crippen MR) is 158 cm³/mol. The van der Waals surface area contributed by atoms with Crippen LogP contribution in [0.1, 0.15) is 56.9 Å². The Bertz CT molecular complexity index is 1600. The number of benzene rings is 2. The highest BCUT2D eigenvalue weighted by Crippen LogP contribution is 2.62. The number of para-hydroxylation sites is 1. The van der Waals surface area contributed by atoms with Crippen molar-refractivity contribution < 1.29 is 28.6 Å². The molecular weight excluding hydrogens is 530 g/mol.